The second-order valence-corrected chi connectivity index (χ2v) is 5.24. The molecule has 0 amide bonds. The molecular weight excluding hydrogens is 296 g/mol. The van der Waals surface area contributed by atoms with E-state index in [2.05, 4.69) is 15.2 Å². The first kappa shape index (κ1) is 19.1. The fourth-order valence-corrected chi connectivity index (χ4v) is 2.15. The van der Waals surface area contributed by atoms with Gasteiger partial charge in [-0.1, -0.05) is 6.07 Å². The normalized spacial score (nSPS) is 13.0. The lowest BCUT2D eigenvalue weighted by molar-refractivity contribution is 0.204. The maximum Gasteiger partial charge on any atom is 0.188 e. The average molecular weight is 324 g/mol. The SMILES string of the molecule is COCCNC(N)=NCC(c1ccc(OC)c(OC)c1)N(C)C. The number of benzene rings is 1. The van der Waals surface area contributed by atoms with Gasteiger partial charge in [0.25, 0.3) is 0 Å². The summed E-state index contributed by atoms with van der Waals surface area (Å²) in [5.41, 5.74) is 6.95. The molecule has 0 aliphatic heterocycles. The maximum absolute atomic E-state index is 5.86. The molecule has 7 heteroatoms. The van der Waals surface area contributed by atoms with Gasteiger partial charge in [0.2, 0.25) is 0 Å². The summed E-state index contributed by atoms with van der Waals surface area (Å²) in [6.07, 6.45) is 0. The van der Waals surface area contributed by atoms with Crippen molar-refractivity contribution in [2.45, 2.75) is 6.04 Å². The molecule has 0 aliphatic rings. The Bertz CT molecular complexity index is 506. The number of aliphatic imine (C=N–C) groups is 1. The van der Waals surface area contributed by atoms with Gasteiger partial charge in [-0.25, -0.2) is 0 Å². The van der Waals surface area contributed by atoms with Gasteiger partial charge in [-0.2, -0.15) is 0 Å². The number of hydrogen-bond donors (Lipinski definition) is 2. The Kier molecular flexibility index (Phi) is 8.21. The summed E-state index contributed by atoms with van der Waals surface area (Å²) in [6, 6.07) is 5.95. The number of hydrogen-bond acceptors (Lipinski definition) is 5. The van der Waals surface area contributed by atoms with Crippen LogP contribution in [0.15, 0.2) is 23.2 Å². The van der Waals surface area contributed by atoms with Crippen LogP contribution in [0.4, 0.5) is 0 Å². The molecule has 0 bridgehead atoms. The van der Waals surface area contributed by atoms with Gasteiger partial charge >= 0.3 is 0 Å². The molecule has 3 N–H and O–H groups in total. The molecule has 1 rings (SSSR count). The molecule has 0 saturated carbocycles. The second kappa shape index (κ2) is 9.91. The van der Waals surface area contributed by atoms with Crippen LogP contribution in [0, 0.1) is 0 Å². The van der Waals surface area contributed by atoms with Crippen LogP contribution in [0.5, 0.6) is 11.5 Å². The van der Waals surface area contributed by atoms with E-state index in [0.29, 0.717) is 37.2 Å². The third-order valence-corrected chi connectivity index (χ3v) is 3.46. The highest BCUT2D eigenvalue weighted by molar-refractivity contribution is 5.77. The summed E-state index contributed by atoms with van der Waals surface area (Å²) in [6.45, 7) is 1.76. The van der Waals surface area contributed by atoms with E-state index in [1.807, 2.05) is 32.3 Å². The molecule has 0 fully saturated rings. The zero-order chi connectivity index (χ0) is 17.2. The van der Waals surface area contributed by atoms with Crippen molar-refractivity contribution in [1.29, 1.82) is 0 Å². The fraction of sp³-hybridized carbons (Fsp3) is 0.562. The van der Waals surface area contributed by atoms with Crippen LogP contribution in [0.2, 0.25) is 0 Å². The van der Waals surface area contributed by atoms with Crippen LogP contribution in [0.1, 0.15) is 11.6 Å². The Morgan fingerprint density at radius 3 is 2.48 bits per heavy atom. The van der Waals surface area contributed by atoms with E-state index >= 15 is 0 Å². The Morgan fingerprint density at radius 2 is 1.91 bits per heavy atom. The fourth-order valence-electron chi connectivity index (χ4n) is 2.15. The lowest BCUT2D eigenvalue weighted by Crippen LogP contribution is -2.35. The van der Waals surface area contributed by atoms with Gasteiger partial charge in [-0.15, -0.1) is 0 Å². The molecular formula is C16H28N4O3. The summed E-state index contributed by atoms with van der Waals surface area (Å²) < 4.78 is 15.6. The van der Waals surface area contributed by atoms with Gasteiger partial charge in [-0.05, 0) is 31.8 Å². The number of guanidine groups is 1. The Morgan fingerprint density at radius 1 is 1.22 bits per heavy atom. The van der Waals surface area contributed by atoms with Crippen molar-refractivity contribution in [1.82, 2.24) is 10.2 Å². The predicted octanol–water partition coefficient (Wildman–Crippen LogP) is 0.857. The summed E-state index contributed by atoms with van der Waals surface area (Å²) >= 11 is 0. The number of nitrogens with zero attached hydrogens (tertiary/aromatic N) is 2. The zero-order valence-electron chi connectivity index (χ0n) is 14.6. The van der Waals surface area contributed by atoms with Crippen molar-refractivity contribution >= 4 is 5.96 Å². The van der Waals surface area contributed by atoms with Crippen molar-refractivity contribution in [3.63, 3.8) is 0 Å². The third kappa shape index (κ3) is 5.96. The quantitative estimate of drug-likeness (QED) is 0.398. The van der Waals surface area contributed by atoms with Crippen LogP contribution in [0.25, 0.3) is 0 Å². The summed E-state index contributed by atoms with van der Waals surface area (Å²) in [5, 5.41) is 3.01. The molecule has 1 aromatic rings. The van der Waals surface area contributed by atoms with E-state index in [1.54, 1.807) is 21.3 Å². The number of methoxy groups -OCH3 is 3. The number of likely N-dealkylation sites (N-methyl/N-ethyl adjacent to an activating group) is 1. The first-order chi connectivity index (χ1) is 11.0. The topological polar surface area (TPSA) is 81.3 Å². The van der Waals surface area contributed by atoms with E-state index in [9.17, 15) is 0 Å². The minimum Gasteiger partial charge on any atom is -0.493 e. The number of ether oxygens (including phenoxy) is 3. The van der Waals surface area contributed by atoms with Gasteiger partial charge in [0.1, 0.15) is 0 Å². The highest BCUT2D eigenvalue weighted by atomic mass is 16.5. The highest BCUT2D eigenvalue weighted by Gasteiger charge is 2.16. The van der Waals surface area contributed by atoms with Crippen LogP contribution >= 0.6 is 0 Å². The van der Waals surface area contributed by atoms with E-state index < -0.39 is 0 Å². The number of nitrogens with two attached hydrogens (primary N) is 1. The van der Waals surface area contributed by atoms with Crippen molar-refractivity contribution in [2.75, 3.05) is 55.1 Å². The smallest absolute Gasteiger partial charge is 0.188 e. The van der Waals surface area contributed by atoms with E-state index in [-0.39, 0.29) is 6.04 Å². The molecule has 0 spiro atoms. The molecule has 0 radical (unpaired) electrons. The standard InChI is InChI=1S/C16H28N4O3/c1-20(2)13(11-19-16(17)18-8-9-21-3)12-6-7-14(22-4)15(10-12)23-5/h6-7,10,13H,8-9,11H2,1-5H3,(H3,17,18,19). The van der Waals surface area contributed by atoms with E-state index in [4.69, 9.17) is 19.9 Å². The van der Waals surface area contributed by atoms with Crippen LogP contribution in [-0.2, 0) is 4.74 Å². The van der Waals surface area contributed by atoms with Crippen molar-refractivity contribution in [2.24, 2.45) is 10.7 Å². The number of rotatable bonds is 9. The Balaban J connectivity index is 2.84. The van der Waals surface area contributed by atoms with Gasteiger partial charge < -0.3 is 30.2 Å². The molecule has 0 aromatic heterocycles. The van der Waals surface area contributed by atoms with E-state index in [1.165, 1.54) is 0 Å². The Labute approximate surface area is 138 Å². The van der Waals surface area contributed by atoms with Gasteiger partial charge in [0.15, 0.2) is 17.5 Å². The molecule has 0 saturated heterocycles. The zero-order valence-corrected chi connectivity index (χ0v) is 14.6. The molecule has 0 aliphatic carbocycles. The summed E-state index contributed by atoms with van der Waals surface area (Å²) in [5.74, 6) is 1.82. The third-order valence-electron chi connectivity index (χ3n) is 3.46. The molecule has 1 aromatic carbocycles. The molecule has 7 nitrogen and oxygen atoms in total. The second-order valence-electron chi connectivity index (χ2n) is 5.24. The molecule has 1 unspecified atom stereocenters. The maximum atomic E-state index is 5.86. The average Bonchev–Trinajstić information content (AvgIpc) is 2.54. The van der Waals surface area contributed by atoms with Crippen molar-refractivity contribution in [3.05, 3.63) is 23.8 Å². The minimum atomic E-state index is 0.0811. The van der Waals surface area contributed by atoms with Gasteiger partial charge in [0, 0.05) is 13.7 Å². The van der Waals surface area contributed by atoms with Crippen LogP contribution in [-0.4, -0.2) is 66.0 Å². The minimum absolute atomic E-state index is 0.0811. The predicted molar refractivity (Wildman–Crippen MR) is 92.3 cm³/mol. The monoisotopic (exact) mass is 324 g/mol. The molecule has 0 heterocycles. The first-order valence-electron chi connectivity index (χ1n) is 7.44. The first-order valence-corrected chi connectivity index (χ1v) is 7.44. The van der Waals surface area contributed by atoms with Gasteiger partial charge in [-0.3, -0.25) is 4.99 Å². The number of nitrogens with one attached hydrogen (secondary N) is 1. The molecule has 130 valence electrons. The van der Waals surface area contributed by atoms with Crippen molar-refractivity contribution < 1.29 is 14.2 Å². The van der Waals surface area contributed by atoms with Crippen LogP contribution < -0.4 is 20.5 Å². The van der Waals surface area contributed by atoms with E-state index in [0.717, 1.165) is 5.56 Å². The molecule has 23 heavy (non-hydrogen) atoms. The van der Waals surface area contributed by atoms with Crippen LogP contribution in [0.3, 0.4) is 0 Å². The highest BCUT2D eigenvalue weighted by Crippen LogP contribution is 2.31. The molecule has 1 atom stereocenters. The summed E-state index contributed by atoms with van der Waals surface area (Å²) in [7, 11) is 8.91. The lowest BCUT2D eigenvalue weighted by atomic mass is 10.1. The Hall–Kier alpha value is -1.99. The van der Waals surface area contributed by atoms with Gasteiger partial charge in [0.05, 0.1) is 33.4 Å². The largest absolute Gasteiger partial charge is 0.493 e. The van der Waals surface area contributed by atoms with Crippen molar-refractivity contribution in [3.8, 4) is 11.5 Å². The lowest BCUT2D eigenvalue weighted by Gasteiger charge is -2.24. The summed E-state index contributed by atoms with van der Waals surface area (Å²) in [4.78, 5) is 6.50.